The van der Waals surface area contributed by atoms with Crippen molar-refractivity contribution in [2.45, 2.75) is 45.6 Å². The van der Waals surface area contributed by atoms with E-state index in [1.54, 1.807) is 0 Å². The molecule has 0 aromatic carbocycles. The van der Waals surface area contributed by atoms with E-state index in [4.69, 9.17) is 0 Å². The van der Waals surface area contributed by atoms with Crippen molar-refractivity contribution in [1.82, 2.24) is 5.32 Å². The molecular weight excluding hydrogens is 122 g/mol. The van der Waals surface area contributed by atoms with Crippen LogP contribution in [-0.2, 0) is 0 Å². The molecule has 0 aliphatic carbocycles. The normalized spacial score (nSPS) is 23.7. The molecule has 1 saturated heterocycles. The van der Waals surface area contributed by atoms with Gasteiger partial charge in [0, 0.05) is 12.6 Å². The fourth-order valence-corrected chi connectivity index (χ4v) is 1.42. The van der Waals surface area contributed by atoms with Gasteiger partial charge in [0.05, 0.1) is 0 Å². The molecule has 1 unspecified atom stereocenters. The Bertz CT molecular complexity index is 82.7. The number of nitrogens with one attached hydrogen (secondary N) is 1. The van der Waals surface area contributed by atoms with E-state index in [-0.39, 0.29) is 0 Å². The van der Waals surface area contributed by atoms with Crippen LogP contribution in [0.15, 0.2) is 0 Å². The maximum absolute atomic E-state index is 3.34. The Balaban J connectivity index is 1.97. The predicted molar refractivity (Wildman–Crippen MR) is 45.1 cm³/mol. The fourth-order valence-electron chi connectivity index (χ4n) is 1.42. The fraction of sp³-hybridized carbons (Fsp3) is 1.00. The van der Waals surface area contributed by atoms with E-state index in [0.717, 1.165) is 12.0 Å². The van der Waals surface area contributed by atoms with E-state index >= 15 is 0 Å². The van der Waals surface area contributed by atoms with E-state index < -0.39 is 0 Å². The van der Waals surface area contributed by atoms with Crippen molar-refractivity contribution in [2.24, 2.45) is 5.92 Å². The SMILES string of the molecule is CCC(CC)CCC1CN1. The third-order valence-corrected chi connectivity index (χ3v) is 2.57. The maximum atomic E-state index is 3.34. The summed E-state index contributed by atoms with van der Waals surface area (Å²) in [6.45, 7) is 5.88. The first-order chi connectivity index (χ1) is 4.86. The van der Waals surface area contributed by atoms with Gasteiger partial charge in [0.25, 0.3) is 0 Å². The molecule has 0 radical (unpaired) electrons. The average molecular weight is 141 g/mol. The molecule has 0 aromatic heterocycles. The van der Waals surface area contributed by atoms with Crippen LogP contribution in [0.25, 0.3) is 0 Å². The average Bonchev–Trinajstić information content (AvgIpc) is 2.74. The standard InChI is InChI=1S/C9H19N/c1-3-8(4-2)5-6-9-7-10-9/h8-10H,3-7H2,1-2H3. The van der Waals surface area contributed by atoms with E-state index in [1.807, 2.05) is 0 Å². The molecule has 1 rings (SSSR count). The minimum absolute atomic E-state index is 0.889. The second kappa shape index (κ2) is 3.97. The number of hydrogen-bond acceptors (Lipinski definition) is 1. The zero-order chi connectivity index (χ0) is 7.40. The highest BCUT2D eigenvalue weighted by Crippen LogP contribution is 2.18. The first-order valence-corrected chi connectivity index (χ1v) is 4.60. The molecule has 0 saturated carbocycles. The van der Waals surface area contributed by atoms with E-state index in [0.29, 0.717) is 0 Å². The van der Waals surface area contributed by atoms with Gasteiger partial charge in [0.15, 0.2) is 0 Å². The Kier molecular flexibility index (Phi) is 3.20. The van der Waals surface area contributed by atoms with Gasteiger partial charge in [0.1, 0.15) is 0 Å². The summed E-state index contributed by atoms with van der Waals surface area (Å²) in [6, 6.07) is 0.889. The molecule has 1 heteroatoms. The first-order valence-electron chi connectivity index (χ1n) is 4.60. The lowest BCUT2D eigenvalue weighted by atomic mass is 9.97. The molecule has 1 aliphatic rings. The zero-order valence-electron chi connectivity index (χ0n) is 7.19. The summed E-state index contributed by atoms with van der Waals surface area (Å²) >= 11 is 0. The Hall–Kier alpha value is -0.0400. The topological polar surface area (TPSA) is 21.9 Å². The smallest absolute Gasteiger partial charge is 0.0193 e. The molecule has 1 atom stereocenters. The van der Waals surface area contributed by atoms with Crippen LogP contribution in [0.2, 0.25) is 0 Å². The summed E-state index contributed by atoms with van der Waals surface area (Å²) in [5.74, 6) is 0.988. The summed E-state index contributed by atoms with van der Waals surface area (Å²) < 4.78 is 0. The molecule has 10 heavy (non-hydrogen) atoms. The van der Waals surface area contributed by atoms with Crippen LogP contribution in [0, 0.1) is 5.92 Å². The van der Waals surface area contributed by atoms with Gasteiger partial charge in [-0.05, 0) is 18.8 Å². The summed E-state index contributed by atoms with van der Waals surface area (Å²) in [6.07, 6.45) is 5.57. The molecule has 60 valence electrons. The minimum Gasteiger partial charge on any atom is -0.311 e. The van der Waals surface area contributed by atoms with Crippen molar-refractivity contribution >= 4 is 0 Å². The van der Waals surface area contributed by atoms with Gasteiger partial charge < -0.3 is 5.32 Å². The monoisotopic (exact) mass is 141 g/mol. The van der Waals surface area contributed by atoms with Crippen LogP contribution in [0.4, 0.5) is 0 Å². The minimum atomic E-state index is 0.889. The van der Waals surface area contributed by atoms with Gasteiger partial charge in [-0.1, -0.05) is 26.7 Å². The molecule has 0 spiro atoms. The van der Waals surface area contributed by atoms with Gasteiger partial charge in [-0.3, -0.25) is 0 Å². The van der Waals surface area contributed by atoms with Crippen molar-refractivity contribution in [3.8, 4) is 0 Å². The van der Waals surface area contributed by atoms with Crippen molar-refractivity contribution in [1.29, 1.82) is 0 Å². The Morgan fingerprint density at radius 2 is 2.00 bits per heavy atom. The Labute approximate surface area is 64.2 Å². The zero-order valence-corrected chi connectivity index (χ0v) is 7.19. The van der Waals surface area contributed by atoms with E-state index in [2.05, 4.69) is 19.2 Å². The summed E-state index contributed by atoms with van der Waals surface area (Å²) in [5.41, 5.74) is 0. The Morgan fingerprint density at radius 1 is 1.40 bits per heavy atom. The van der Waals surface area contributed by atoms with Crippen LogP contribution in [-0.4, -0.2) is 12.6 Å². The van der Waals surface area contributed by atoms with Gasteiger partial charge >= 0.3 is 0 Å². The molecule has 0 amide bonds. The van der Waals surface area contributed by atoms with Gasteiger partial charge in [-0.15, -0.1) is 0 Å². The molecule has 1 aliphatic heterocycles. The molecule has 1 fully saturated rings. The highest BCUT2D eigenvalue weighted by molar-refractivity contribution is 4.83. The second-order valence-corrected chi connectivity index (χ2v) is 3.37. The largest absolute Gasteiger partial charge is 0.311 e. The van der Waals surface area contributed by atoms with E-state index in [9.17, 15) is 0 Å². The lowest BCUT2D eigenvalue weighted by Gasteiger charge is -2.09. The van der Waals surface area contributed by atoms with E-state index in [1.165, 1.54) is 32.2 Å². The van der Waals surface area contributed by atoms with Crippen molar-refractivity contribution in [2.75, 3.05) is 6.54 Å². The van der Waals surface area contributed by atoms with Crippen LogP contribution in [0.1, 0.15) is 39.5 Å². The highest BCUT2D eigenvalue weighted by atomic mass is 15.1. The van der Waals surface area contributed by atoms with Crippen molar-refractivity contribution < 1.29 is 0 Å². The van der Waals surface area contributed by atoms with Crippen molar-refractivity contribution in [3.05, 3.63) is 0 Å². The summed E-state index contributed by atoms with van der Waals surface area (Å²) in [4.78, 5) is 0. The van der Waals surface area contributed by atoms with Crippen LogP contribution < -0.4 is 5.32 Å². The molecular formula is C9H19N. The van der Waals surface area contributed by atoms with Gasteiger partial charge in [-0.2, -0.15) is 0 Å². The van der Waals surface area contributed by atoms with Gasteiger partial charge in [0.2, 0.25) is 0 Å². The molecule has 1 nitrogen and oxygen atoms in total. The first kappa shape index (κ1) is 8.06. The molecule has 0 bridgehead atoms. The molecule has 0 aromatic rings. The lowest BCUT2D eigenvalue weighted by Crippen LogP contribution is -2.00. The van der Waals surface area contributed by atoms with Crippen molar-refractivity contribution in [3.63, 3.8) is 0 Å². The van der Waals surface area contributed by atoms with Crippen LogP contribution in [0.5, 0.6) is 0 Å². The quantitative estimate of drug-likeness (QED) is 0.582. The summed E-state index contributed by atoms with van der Waals surface area (Å²) in [5, 5.41) is 3.34. The van der Waals surface area contributed by atoms with Gasteiger partial charge in [-0.25, -0.2) is 0 Å². The number of rotatable bonds is 5. The number of hydrogen-bond donors (Lipinski definition) is 1. The lowest BCUT2D eigenvalue weighted by molar-refractivity contribution is 0.440. The second-order valence-electron chi connectivity index (χ2n) is 3.37. The predicted octanol–water partition coefficient (Wildman–Crippen LogP) is 2.17. The molecule has 1 heterocycles. The highest BCUT2D eigenvalue weighted by Gasteiger charge is 2.20. The third kappa shape index (κ3) is 2.70. The summed E-state index contributed by atoms with van der Waals surface area (Å²) in [7, 11) is 0. The maximum Gasteiger partial charge on any atom is 0.0193 e. The van der Waals surface area contributed by atoms with Crippen LogP contribution >= 0.6 is 0 Å². The van der Waals surface area contributed by atoms with Crippen LogP contribution in [0.3, 0.4) is 0 Å². The molecule has 1 N–H and O–H groups in total. The Morgan fingerprint density at radius 3 is 2.40 bits per heavy atom. The third-order valence-electron chi connectivity index (χ3n) is 2.57.